The summed E-state index contributed by atoms with van der Waals surface area (Å²) in [6.07, 6.45) is 0. The van der Waals surface area contributed by atoms with Crippen LogP contribution in [0.5, 0.6) is 0 Å². The van der Waals surface area contributed by atoms with Gasteiger partial charge >= 0.3 is 5.69 Å². The second-order valence-corrected chi connectivity index (χ2v) is 3.92. The molecule has 0 bridgehead atoms. The summed E-state index contributed by atoms with van der Waals surface area (Å²) >= 11 is 0. The van der Waals surface area contributed by atoms with Crippen molar-refractivity contribution in [1.29, 1.82) is 0 Å². The number of imidazole rings is 1. The maximum absolute atomic E-state index is 13.7. The van der Waals surface area contributed by atoms with E-state index in [9.17, 15) is 14.0 Å². The molecule has 0 spiro atoms. The van der Waals surface area contributed by atoms with Gasteiger partial charge in [0.05, 0.1) is 5.56 Å². The van der Waals surface area contributed by atoms with Crippen LogP contribution in [0.1, 0.15) is 0 Å². The molecule has 2 heterocycles. The standard InChI is InChI=1S/C11H8FN5O2/c12-4-2-1-3-5(13)6(4)8-14-7-9(15-8)16-11(19)17-10(7)18/h1-3H,13H2,(H3,14,15,16,17,18,19). The van der Waals surface area contributed by atoms with Crippen molar-refractivity contribution in [1.82, 2.24) is 19.9 Å². The molecular formula is C11H8FN5O2. The molecule has 0 aliphatic carbocycles. The van der Waals surface area contributed by atoms with Crippen LogP contribution in [-0.2, 0) is 0 Å². The first kappa shape index (κ1) is 11.2. The first-order valence-electron chi connectivity index (χ1n) is 5.33. The molecule has 0 amide bonds. The van der Waals surface area contributed by atoms with Crippen molar-refractivity contribution in [3.05, 3.63) is 44.9 Å². The van der Waals surface area contributed by atoms with Crippen LogP contribution in [0.4, 0.5) is 10.1 Å². The maximum atomic E-state index is 13.7. The third kappa shape index (κ3) is 1.69. The molecule has 0 radical (unpaired) electrons. The summed E-state index contributed by atoms with van der Waals surface area (Å²) in [5, 5.41) is 0. The fourth-order valence-electron chi connectivity index (χ4n) is 1.84. The minimum atomic E-state index is -0.683. The number of nitrogen functional groups attached to an aromatic ring is 1. The second-order valence-electron chi connectivity index (χ2n) is 3.92. The molecular weight excluding hydrogens is 253 g/mol. The van der Waals surface area contributed by atoms with E-state index in [1.165, 1.54) is 18.2 Å². The number of hydrogen-bond donors (Lipinski definition) is 4. The van der Waals surface area contributed by atoms with Gasteiger partial charge in [0.2, 0.25) is 0 Å². The number of H-pyrrole nitrogens is 3. The highest BCUT2D eigenvalue weighted by molar-refractivity contribution is 5.79. The Kier molecular flexibility index (Phi) is 2.24. The summed E-state index contributed by atoms with van der Waals surface area (Å²) in [6, 6.07) is 4.20. The molecule has 0 unspecified atom stereocenters. The van der Waals surface area contributed by atoms with E-state index in [4.69, 9.17) is 5.73 Å². The SMILES string of the molecule is Nc1cccc(F)c1-c1nc2[nH]c(=O)[nH]c(=O)c2[nH]1. The second kappa shape index (κ2) is 3.80. The van der Waals surface area contributed by atoms with Crippen LogP contribution in [0.25, 0.3) is 22.6 Å². The van der Waals surface area contributed by atoms with E-state index in [2.05, 4.69) is 15.0 Å². The lowest BCUT2D eigenvalue weighted by Gasteiger charge is -2.02. The van der Waals surface area contributed by atoms with Crippen molar-refractivity contribution in [3.8, 4) is 11.4 Å². The average Bonchev–Trinajstić information content (AvgIpc) is 2.72. The van der Waals surface area contributed by atoms with E-state index in [1.807, 2.05) is 4.98 Å². The number of rotatable bonds is 1. The Balaban J connectivity index is 2.36. The molecule has 2 aromatic heterocycles. The normalized spacial score (nSPS) is 11.0. The summed E-state index contributed by atoms with van der Waals surface area (Å²) < 4.78 is 13.7. The largest absolute Gasteiger partial charge is 0.398 e. The van der Waals surface area contributed by atoms with Crippen LogP contribution in [0, 0.1) is 5.82 Å². The van der Waals surface area contributed by atoms with Gasteiger partial charge in [-0.1, -0.05) is 6.07 Å². The minimum absolute atomic E-state index is 0.0476. The molecule has 7 nitrogen and oxygen atoms in total. The van der Waals surface area contributed by atoms with E-state index in [-0.39, 0.29) is 28.2 Å². The van der Waals surface area contributed by atoms with Crippen LogP contribution in [0.3, 0.4) is 0 Å². The van der Waals surface area contributed by atoms with Gasteiger partial charge in [0.25, 0.3) is 5.56 Å². The fraction of sp³-hybridized carbons (Fsp3) is 0. The topological polar surface area (TPSA) is 120 Å². The molecule has 1 aromatic carbocycles. The predicted octanol–water partition coefficient (Wildman–Crippen LogP) is 0.328. The van der Waals surface area contributed by atoms with Gasteiger partial charge in [-0.25, -0.2) is 14.2 Å². The van der Waals surface area contributed by atoms with Crippen LogP contribution in [0.15, 0.2) is 27.8 Å². The van der Waals surface area contributed by atoms with Gasteiger partial charge < -0.3 is 10.7 Å². The summed E-state index contributed by atoms with van der Waals surface area (Å²) in [7, 11) is 0. The fourth-order valence-corrected chi connectivity index (χ4v) is 1.84. The van der Waals surface area contributed by atoms with Gasteiger partial charge in [0.1, 0.15) is 17.2 Å². The zero-order chi connectivity index (χ0) is 13.6. The lowest BCUT2D eigenvalue weighted by molar-refractivity contribution is 0.631. The number of benzene rings is 1. The van der Waals surface area contributed by atoms with Crippen LogP contribution >= 0.6 is 0 Å². The van der Waals surface area contributed by atoms with Gasteiger partial charge in [0.15, 0.2) is 5.65 Å². The number of nitrogens with two attached hydrogens (primary N) is 1. The monoisotopic (exact) mass is 261 g/mol. The molecule has 96 valence electrons. The number of aromatic nitrogens is 4. The maximum Gasteiger partial charge on any atom is 0.327 e. The Hall–Kier alpha value is -2.90. The molecule has 3 rings (SSSR count). The Bertz CT molecular complexity index is 872. The number of halogens is 1. The van der Waals surface area contributed by atoms with Crippen molar-refractivity contribution in [2.75, 3.05) is 5.73 Å². The number of aromatic amines is 3. The first-order valence-corrected chi connectivity index (χ1v) is 5.33. The number of fused-ring (bicyclic) bond motifs is 1. The molecule has 0 aliphatic heterocycles. The number of hydrogen-bond acceptors (Lipinski definition) is 4. The molecule has 0 atom stereocenters. The highest BCUT2D eigenvalue weighted by atomic mass is 19.1. The van der Waals surface area contributed by atoms with Crippen LogP contribution in [0.2, 0.25) is 0 Å². The quantitative estimate of drug-likeness (QED) is 0.471. The predicted molar refractivity (Wildman–Crippen MR) is 67.1 cm³/mol. The van der Waals surface area contributed by atoms with Crippen molar-refractivity contribution in [2.45, 2.75) is 0 Å². The third-order valence-electron chi connectivity index (χ3n) is 2.67. The highest BCUT2D eigenvalue weighted by Gasteiger charge is 2.15. The first-order chi connectivity index (χ1) is 9.06. The van der Waals surface area contributed by atoms with Crippen molar-refractivity contribution < 1.29 is 4.39 Å². The lowest BCUT2D eigenvalue weighted by atomic mass is 10.1. The van der Waals surface area contributed by atoms with Crippen molar-refractivity contribution >= 4 is 16.9 Å². The Morgan fingerprint density at radius 2 is 1.95 bits per heavy atom. The van der Waals surface area contributed by atoms with E-state index < -0.39 is 17.1 Å². The van der Waals surface area contributed by atoms with E-state index in [1.54, 1.807) is 0 Å². The van der Waals surface area contributed by atoms with Crippen LogP contribution < -0.4 is 17.0 Å². The van der Waals surface area contributed by atoms with Crippen LogP contribution in [-0.4, -0.2) is 19.9 Å². The zero-order valence-electron chi connectivity index (χ0n) is 9.45. The molecule has 0 aliphatic rings. The van der Waals surface area contributed by atoms with Gasteiger partial charge in [-0.15, -0.1) is 0 Å². The van der Waals surface area contributed by atoms with Gasteiger partial charge in [-0.05, 0) is 12.1 Å². The van der Waals surface area contributed by atoms with E-state index in [0.29, 0.717) is 0 Å². The molecule has 0 saturated heterocycles. The lowest BCUT2D eigenvalue weighted by Crippen LogP contribution is -2.21. The van der Waals surface area contributed by atoms with Crippen molar-refractivity contribution in [3.63, 3.8) is 0 Å². The van der Waals surface area contributed by atoms with E-state index >= 15 is 0 Å². The smallest absolute Gasteiger partial charge is 0.327 e. The number of nitrogens with zero attached hydrogens (tertiary/aromatic N) is 1. The number of anilines is 1. The Labute approximate surface area is 104 Å². The summed E-state index contributed by atoms with van der Waals surface area (Å²) in [5.74, 6) is -0.490. The van der Waals surface area contributed by atoms with E-state index in [0.717, 1.165) is 0 Å². The van der Waals surface area contributed by atoms with Crippen molar-refractivity contribution in [2.24, 2.45) is 0 Å². The Morgan fingerprint density at radius 3 is 2.68 bits per heavy atom. The molecule has 19 heavy (non-hydrogen) atoms. The molecule has 0 fully saturated rings. The Morgan fingerprint density at radius 1 is 1.16 bits per heavy atom. The average molecular weight is 261 g/mol. The van der Waals surface area contributed by atoms with Gasteiger partial charge in [-0.2, -0.15) is 0 Å². The summed E-state index contributed by atoms with van der Waals surface area (Å²) in [4.78, 5) is 33.7. The summed E-state index contributed by atoms with van der Waals surface area (Å²) in [6.45, 7) is 0. The number of nitrogens with one attached hydrogen (secondary N) is 3. The summed E-state index contributed by atoms with van der Waals surface area (Å²) in [5.41, 5.74) is 4.70. The highest BCUT2D eigenvalue weighted by Crippen LogP contribution is 2.26. The third-order valence-corrected chi connectivity index (χ3v) is 2.67. The van der Waals surface area contributed by atoms with Gasteiger partial charge in [0, 0.05) is 5.69 Å². The minimum Gasteiger partial charge on any atom is -0.398 e. The van der Waals surface area contributed by atoms with Gasteiger partial charge in [-0.3, -0.25) is 14.8 Å². The molecule has 0 saturated carbocycles. The zero-order valence-corrected chi connectivity index (χ0v) is 9.45. The molecule has 8 heteroatoms. The molecule has 3 aromatic rings. The molecule has 5 N–H and O–H groups in total.